The number of amides is 1. The van der Waals surface area contributed by atoms with Gasteiger partial charge in [-0.25, -0.2) is 4.79 Å². The summed E-state index contributed by atoms with van der Waals surface area (Å²) >= 11 is 1.58. The normalized spacial score (nSPS) is 20.7. The van der Waals surface area contributed by atoms with Crippen LogP contribution in [0.1, 0.15) is 24.6 Å². The van der Waals surface area contributed by atoms with Crippen molar-refractivity contribution in [2.75, 3.05) is 12.3 Å². The van der Waals surface area contributed by atoms with Crippen LogP contribution in [0.5, 0.6) is 0 Å². The zero-order valence-electron chi connectivity index (χ0n) is 11.9. The van der Waals surface area contributed by atoms with E-state index in [9.17, 15) is 4.79 Å². The van der Waals surface area contributed by atoms with E-state index in [1.165, 1.54) is 12.8 Å². The molecule has 0 radical (unpaired) electrons. The molecule has 2 aliphatic rings. The summed E-state index contributed by atoms with van der Waals surface area (Å²) in [5.41, 5.74) is 1.08. The third-order valence-corrected chi connectivity index (χ3v) is 4.82. The van der Waals surface area contributed by atoms with Crippen molar-refractivity contribution in [1.82, 2.24) is 20.1 Å². The van der Waals surface area contributed by atoms with Crippen LogP contribution >= 0.6 is 11.8 Å². The SMILES string of the molecule is O=C1NCC(CSc2nnc(C3CC3)n2-c2ccccc2)O1. The van der Waals surface area contributed by atoms with Crippen LogP contribution in [0, 0.1) is 0 Å². The van der Waals surface area contributed by atoms with E-state index in [0.29, 0.717) is 18.2 Å². The van der Waals surface area contributed by atoms with E-state index >= 15 is 0 Å². The van der Waals surface area contributed by atoms with Crippen molar-refractivity contribution < 1.29 is 9.53 Å². The molecule has 1 aliphatic carbocycles. The van der Waals surface area contributed by atoms with Crippen LogP contribution in [0.4, 0.5) is 4.79 Å². The molecule has 1 amide bonds. The van der Waals surface area contributed by atoms with Crippen molar-refractivity contribution >= 4 is 17.9 Å². The zero-order valence-corrected chi connectivity index (χ0v) is 12.8. The molecule has 1 aliphatic heterocycles. The van der Waals surface area contributed by atoms with Gasteiger partial charge in [-0.15, -0.1) is 10.2 Å². The molecule has 1 aromatic heterocycles. The highest BCUT2D eigenvalue weighted by Crippen LogP contribution is 2.41. The Hall–Kier alpha value is -2.02. The maximum Gasteiger partial charge on any atom is 0.407 e. The van der Waals surface area contributed by atoms with E-state index < -0.39 is 0 Å². The van der Waals surface area contributed by atoms with Gasteiger partial charge < -0.3 is 10.1 Å². The van der Waals surface area contributed by atoms with Crippen LogP contribution in [-0.2, 0) is 4.74 Å². The largest absolute Gasteiger partial charge is 0.443 e. The number of carbonyl (C=O) groups is 1. The number of hydrogen-bond donors (Lipinski definition) is 1. The Bertz CT molecular complexity index is 684. The number of nitrogens with zero attached hydrogens (tertiary/aromatic N) is 3. The summed E-state index contributed by atoms with van der Waals surface area (Å²) in [5, 5.41) is 12.3. The summed E-state index contributed by atoms with van der Waals surface area (Å²) in [6.07, 6.45) is 1.91. The lowest BCUT2D eigenvalue weighted by molar-refractivity contribution is 0.150. The average Bonchev–Trinajstić information content (AvgIpc) is 3.17. The lowest BCUT2D eigenvalue weighted by atomic mass is 10.3. The summed E-state index contributed by atoms with van der Waals surface area (Å²) < 4.78 is 7.30. The topological polar surface area (TPSA) is 69.0 Å². The van der Waals surface area contributed by atoms with Crippen molar-refractivity contribution in [2.24, 2.45) is 0 Å². The van der Waals surface area contributed by atoms with Crippen molar-refractivity contribution in [3.63, 3.8) is 0 Å². The Kier molecular flexibility index (Phi) is 3.49. The van der Waals surface area contributed by atoms with E-state index in [2.05, 4.69) is 32.2 Å². The fourth-order valence-corrected chi connectivity index (χ4v) is 3.44. The van der Waals surface area contributed by atoms with Gasteiger partial charge in [0.25, 0.3) is 0 Å². The Labute approximate surface area is 132 Å². The lowest BCUT2D eigenvalue weighted by Crippen LogP contribution is -2.17. The predicted molar refractivity (Wildman–Crippen MR) is 82.3 cm³/mol. The third kappa shape index (κ3) is 2.68. The molecule has 7 heteroatoms. The van der Waals surface area contributed by atoms with Crippen LogP contribution in [0.25, 0.3) is 5.69 Å². The number of thioether (sulfide) groups is 1. The van der Waals surface area contributed by atoms with E-state index in [0.717, 1.165) is 16.7 Å². The number of ether oxygens (including phenoxy) is 1. The minimum absolute atomic E-state index is 0.109. The van der Waals surface area contributed by atoms with Gasteiger partial charge in [0.2, 0.25) is 0 Å². The molecule has 1 N–H and O–H groups in total. The molecule has 4 rings (SSSR count). The Morgan fingerprint density at radius 3 is 2.77 bits per heavy atom. The van der Waals surface area contributed by atoms with Gasteiger partial charge in [-0.2, -0.15) is 0 Å². The number of cyclic esters (lactones) is 1. The molecule has 114 valence electrons. The number of para-hydroxylation sites is 1. The maximum atomic E-state index is 11.1. The number of rotatable bonds is 5. The quantitative estimate of drug-likeness (QED) is 0.858. The van der Waals surface area contributed by atoms with Crippen molar-refractivity contribution in [1.29, 1.82) is 0 Å². The molecule has 0 bridgehead atoms. The zero-order chi connectivity index (χ0) is 14.9. The molecule has 1 saturated carbocycles. The first kappa shape index (κ1) is 13.6. The van der Waals surface area contributed by atoms with Crippen molar-refractivity contribution in [3.05, 3.63) is 36.2 Å². The predicted octanol–water partition coefficient (Wildman–Crippen LogP) is 2.35. The fourth-order valence-electron chi connectivity index (χ4n) is 2.49. The molecule has 0 spiro atoms. The summed E-state index contributed by atoms with van der Waals surface area (Å²) in [5.74, 6) is 2.23. The van der Waals surface area contributed by atoms with Crippen LogP contribution in [0.3, 0.4) is 0 Å². The molecular weight excluding hydrogens is 300 g/mol. The molecule has 6 nitrogen and oxygen atoms in total. The van der Waals surface area contributed by atoms with Crippen molar-refractivity contribution in [3.8, 4) is 5.69 Å². The highest BCUT2D eigenvalue weighted by Gasteiger charge is 2.31. The van der Waals surface area contributed by atoms with Crippen LogP contribution in [-0.4, -0.2) is 39.3 Å². The van der Waals surface area contributed by atoms with Gasteiger partial charge in [-0.1, -0.05) is 30.0 Å². The van der Waals surface area contributed by atoms with Crippen LogP contribution in [0.15, 0.2) is 35.5 Å². The smallest absolute Gasteiger partial charge is 0.407 e. The van der Waals surface area contributed by atoms with Gasteiger partial charge in [0.05, 0.1) is 6.54 Å². The standard InChI is InChI=1S/C15H16N4O2S/c20-15-16-8-12(21-15)9-22-14-18-17-13(10-6-7-10)19(14)11-4-2-1-3-5-11/h1-5,10,12H,6-9H2,(H,16,20). The number of nitrogens with one attached hydrogen (secondary N) is 1. The molecule has 2 aromatic rings. The molecular formula is C15H16N4O2S. The minimum Gasteiger partial charge on any atom is -0.443 e. The molecule has 1 aromatic carbocycles. The first-order valence-electron chi connectivity index (χ1n) is 7.39. The fraction of sp³-hybridized carbons (Fsp3) is 0.400. The molecule has 2 fully saturated rings. The second-order valence-electron chi connectivity index (χ2n) is 5.51. The first-order valence-corrected chi connectivity index (χ1v) is 8.38. The number of benzene rings is 1. The summed E-state index contributed by atoms with van der Waals surface area (Å²) in [7, 11) is 0. The third-order valence-electron chi connectivity index (χ3n) is 3.76. The highest BCUT2D eigenvalue weighted by molar-refractivity contribution is 7.99. The molecule has 1 unspecified atom stereocenters. The minimum atomic E-state index is -0.339. The Morgan fingerprint density at radius 1 is 1.27 bits per heavy atom. The second-order valence-corrected chi connectivity index (χ2v) is 6.49. The van der Waals surface area contributed by atoms with Crippen LogP contribution < -0.4 is 5.32 Å². The molecule has 1 atom stereocenters. The number of aromatic nitrogens is 3. The van der Waals surface area contributed by atoms with E-state index in [-0.39, 0.29) is 12.2 Å². The summed E-state index contributed by atoms with van der Waals surface area (Å²) in [6.45, 7) is 0.556. The van der Waals surface area contributed by atoms with Gasteiger partial charge >= 0.3 is 6.09 Å². The number of alkyl carbamates (subject to hydrolysis) is 1. The van der Waals surface area contributed by atoms with Crippen molar-refractivity contribution in [2.45, 2.75) is 30.0 Å². The van der Waals surface area contributed by atoms with Gasteiger partial charge in [-0.3, -0.25) is 4.57 Å². The van der Waals surface area contributed by atoms with E-state index in [1.54, 1.807) is 11.8 Å². The number of carbonyl (C=O) groups excluding carboxylic acids is 1. The van der Waals surface area contributed by atoms with E-state index in [4.69, 9.17) is 4.74 Å². The van der Waals surface area contributed by atoms with Gasteiger partial charge in [0.15, 0.2) is 5.16 Å². The molecule has 1 saturated heterocycles. The van der Waals surface area contributed by atoms with Gasteiger partial charge in [0, 0.05) is 17.4 Å². The monoisotopic (exact) mass is 316 g/mol. The summed E-state index contributed by atoms with van der Waals surface area (Å²) in [4.78, 5) is 11.1. The van der Waals surface area contributed by atoms with Gasteiger partial charge in [-0.05, 0) is 25.0 Å². The Morgan fingerprint density at radius 2 is 2.09 bits per heavy atom. The first-order chi connectivity index (χ1) is 10.8. The lowest BCUT2D eigenvalue weighted by Gasteiger charge is -2.11. The highest BCUT2D eigenvalue weighted by atomic mass is 32.2. The van der Waals surface area contributed by atoms with E-state index in [1.807, 2.05) is 18.2 Å². The second kappa shape index (κ2) is 5.64. The molecule has 2 heterocycles. The van der Waals surface area contributed by atoms with Crippen LogP contribution in [0.2, 0.25) is 0 Å². The number of hydrogen-bond acceptors (Lipinski definition) is 5. The average molecular weight is 316 g/mol. The summed E-state index contributed by atoms with van der Waals surface area (Å²) in [6, 6.07) is 10.2. The van der Waals surface area contributed by atoms with Gasteiger partial charge in [0.1, 0.15) is 11.9 Å². The molecule has 22 heavy (non-hydrogen) atoms. The maximum absolute atomic E-state index is 11.1. The Balaban J connectivity index is 1.58.